The molecule has 4 heteroatoms. The van der Waals surface area contributed by atoms with Crippen LogP contribution in [0, 0.1) is 18.3 Å². The largest absolute Gasteiger partial charge is 0.222 e. The van der Waals surface area contributed by atoms with E-state index in [1.54, 1.807) is 54.6 Å². The van der Waals surface area contributed by atoms with E-state index in [9.17, 15) is 13.7 Å². The summed E-state index contributed by atoms with van der Waals surface area (Å²) >= 11 is 0. The van der Waals surface area contributed by atoms with Crippen molar-refractivity contribution in [1.29, 1.82) is 5.26 Å². The van der Waals surface area contributed by atoms with Crippen LogP contribution in [0.1, 0.15) is 17.5 Å². The maximum atomic E-state index is 13.1. The summed E-state index contributed by atoms with van der Waals surface area (Å²) in [6.07, 6.45) is 1.51. The number of sulfone groups is 1. The molecule has 0 aliphatic carbocycles. The lowest BCUT2D eigenvalue weighted by atomic mass is 9.96. The van der Waals surface area contributed by atoms with Gasteiger partial charge in [-0.25, -0.2) is 8.42 Å². The summed E-state index contributed by atoms with van der Waals surface area (Å²) in [5, 5.41) is 9.74. The van der Waals surface area contributed by atoms with E-state index < -0.39 is 14.6 Å². The predicted octanol–water partition coefficient (Wildman–Crippen LogP) is 3.76. The second-order valence-electron chi connectivity index (χ2n) is 5.11. The van der Waals surface area contributed by atoms with Crippen molar-refractivity contribution in [3.63, 3.8) is 0 Å². The standard InChI is InChI=1S/C18H17NO2S/c1-3-13-18(14-19,16-7-5-4-6-8-16)22(20,21)17-11-9-15(2)10-12-17/h3-12H,1,13H2,2H3. The van der Waals surface area contributed by atoms with Gasteiger partial charge in [-0.1, -0.05) is 54.1 Å². The third-order valence-electron chi connectivity index (χ3n) is 3.64. The van der Waals surface area contributed by atoms with Gasteiger partial charge in [-0.3, -0.25) is 0 Å². The molecule has 0 heterocycles. The number of benzene rings is 2. The van der Waals surface area contributed by atoms with Crippen LogP contribution in [-0.2, 0) is 14.6 Å². The van der Waals surface area contributed by atoms with Gasteiger partial charge in [0.15, 0.2) is 4.75 Å². The number of allylic oxidation sites excluding steroid dienone is 1. The number of nitriles is 1. The number of hydrogen-bond acceptors (Lipinski definition) is 3. The Hall–Kier alpha value is -2.38. The quantitative estimate of drug-likeness (QED) is 0.790. The first kappa shape index (κ1) is 16.0. The molecule has 0 aromatic heterocycles. The molecule has 0 aliphatic heterocycles. The van der Waals surface area contributed by atoms with Gasteiger partial charge >= 0.3 is 0 Å². The van der Waals surface area contributed by atoms with Gasteiger partial charge in [-0.2, -0.15) is 5.26 Å². The summed E-state index contributed by atoms with van der Waals surface area (Å²) in [5.41, 5.74) is 1.42. The molecule has 0 saturated carbocycles. The van der Waals surface area contributed by atoms with Crippen molar-refractivity contribution < 1.29 is 8.42 Å². The first-order valence-corrected chi connectivity index (χ1v) is 8.35. The zero-order valence-electron chi connectivity index (χ0n) is 12.4. The topological polar surface area (TPSA) is 57.9 Å². The fourth-order valence-electron chi connectivity index (χ4n) is 2.38. The second kappa shape index (κ2) is 6.17. The molecule has 0 aliphatic rings. The number of nitrogens with zero attached hydrogens (tertiary/aromatic N) is 1. The monoisotopic (exact) mass is 311 g/mol. The highest BCUT2D eigenvalue weighted by Gasteiger charge is 2.45. The average molecular weight is 311 g/mol. The van der Waals surface area contributed by atoms with Gasteiger partial charge in [-0.15, -0.1) is 6.58 Å². The summed E-state index contributed by atoms with van der Waals surface area (Å²) in [7, 11) is -3.88. The van der Waals surface area contributed by atoms with Crippen molar-refractivity contribution in [2.24, 2.45) is 0 Å². The zero-order valence-corrected chi connectivity index (χ0v) is 13.2. The Balaban J connectivity index is 2.71. The maximum Gasteiger partial charge on any atom is 0.201 e. The van der Waals surface area contributed by atoms with Crippen LogP contribution in [0.4, 0.5) is 0 Å². The number of rotatable bonds is 5. The fraction of sp³-hybridized carbons (Fsp3) is 0.167. The molecule has 0 N–H and O–H groups in total. The molecule has 3 nitrogen and oxygen atoms in total. The van der Waals surface area contributed by atoms with E-state index >= 15 is 0 Å². The van der Waals surface area contributed by atoms with Gasteiger partial charge in [0.2, 0.25) is 9.84 Å². The van der Waals surface area contributed by atoms with Crippen molar-refractivity contribution in [3.8, 4) is 6.07 Å². The van der Waals surface area contributed by atoms with Crippen molar-refractivity contribution in [3.05, 3.63) is 78.4 Å². The summed E-state index contributed by atoms with van der Waals surface area (Å²) < 4.78 is 24.6. The highest BCUT2D eigenvalue weighted by atomic mass is 32.2. The Morgan fingerprint density at radius 1 is 1.14 bits per heavy atom. The summed E-state index contributed by atoms with van der Waals surface area (Å²) in [6, 6.07) is 17.2. The van der Waals surface area contributed by atoms with Crippen LogP contribution in [0.3, 0.4) is 0 Å². The zero-order chi connectivity index (χ0) is 16.2. The van der Waals surface area contributed by atoms with Crippen LogP contribution in [0.25, 0.3) is 0 Å². The molecular formula is C18H17NO2S. The molecule has 1 atom stereocenters. The lowest BCUT2D eigenvalue weighted by Crippen LogP contribution is -2.34. The van der Waals surface area contributed by atoms with Crippen LogP contribution in [0.5, 0.6) is 0 Å². The first-order chi connectivity index (χ1) is 10.5. The molecule has 0 fully saturated rings. The molecule has 2 aromatic carbocycles. The molecule has 0 bridgehead atoms. The molecule has 0 saturated heterocycles. The third-order valence-corrected chi connectivity index (χ3v) is 5.95. The molecule has 0 radical (unpaired) electrons. The van der Waals surface area contributed by atoms with E-state index in [0.29, 0.717) is 5.56 Å². The molecule has 22 heavy (non-hydrogen) atoms. The average Bonchev–Trinajstić information content (AvgIpc) is 2.53. The molecule has 2 rings (SSSR count). The molecule has 0 spiro atoms. The van der Waals surface area contributed by atoms with Crippen molar-refractivity contribution in [2.45, 2.75) is 23.0 Å². The third kappa shape index (κ3) is 2.56. The Morgan fingerprint density at radius 2 is 1.73 bits per heavy atom. The highest BCUT2D eigenvalue weighted by Crippen LogP contribution is 2.38. The van der Waals surface area contributed by atoms with Gasteiger partial charge in [0.25, 0.3) is 0 Å². The smallest absolute Gasteiger partial charge is 0.201 e. The molecule has 2 aromatic rings. The molecular weight excluding hydrogens is 294 g/mol. The van der Waals surface area contributed by atoms with E-state index in [1.165, 1.54) is 6.08 Å². The first-order valence-electron chi connectivity index (χ1n) is 6.87. The molecule has 112 valence electrons. The second-order valence-corrected chi connectivity index (χ2v) is 7.29. The van der Waals surface area contributed by atoms with Crippen molar-refractivity contribution in [1.82, 2.24) is 0 Å². The van der Waals surface area contributed by atoms with Crippen LogP contribution in [0.2, 0.25) is 0 Å². The minimum absolute atomic E-state index is 0.0315. The lowest BCUT2D eigenvalue weighted by molar-refractivity contribution is 0.562. The van der Waals surface area contributed by atoms with Crippen LogP contribution in [0.15, 0.2) is 72.1 Å². The minimum atomic E-state index is -3.88. The summed E-state index contributed by atoms with van der Waals surface area (Å²) in [4.78, 5) is 0.144. The molecule has 0 amide bonds. The van der Waals surface area contributed by atoms with Crippen LogP contribution < -0.4 is 0 Å². The summed E-state index contributed by atoms with van der Waals surface area (Å²) in [5.74, 6) is 0. The minimum Gasteiger partial charge on any atom is -0.222 e. The highest BCUT2D eigenvalue weighted by molar-refractivity contribution is 7.92. The van der Waals surface area contributed by atoms with E-state index in [-0.39, 0.29) is 11.3 Å². The Morgan fingerprint density at radius 3 is 2.23 bits per heavy atom. The maximum absolute atomic E-state index is 13.1. The Kier molecular flexibility index (Phi) is 4.48. The number of hydrogen-bond donors (Lipinski definition) is 0. The van der Waals surface area contributed by atoms with E-state index in [0.717, 1.165) is 5.56 Å². The van der Waals surface area contributed by atoms with Gasteiger partial charge < -0.3 is 0 Å². The summed E-state index contributed by atoms with van der Waals surface area (Å²) in [6.45, 7) is 5.51. The Bertz CT molecular complexity index is 802. The lowest BCUT2D eigenvalue weighted by Gasteiger charge is -2.26. The Labute approximate surface area is 131 Å². The van der Waals surface area contributed by atoms with Gasteiger partial charge in [0, 0.05) is 6.42 Å². The van der Waals surface area contributed by atoms with Gasteiger partial charge in [-0.05, 0) is 24.6 Å². The van der Waals surface area contributed by atoms with E-state index in [2.05, 4.69) is 6.58 Å². The normalized spacial score (nSPS) is 13.8. The van der Waals surface area contributed by atoms with Crippen LogP contribution >= 0.6 is 0 Å². The van der Waals surface area contributed by atoms with E-state index in [1.807, 2.05) is 13.0 Å². The van der Waals surface area contributed by atoms with Gasteiger partial charge in [0.1, 0.15) is 0 Å². The fourth-order valence-corrected chi connectivity index (χ4v) is 4.18. The number of aryl methyl sites for hydroxylation is 1. The predicted molar refractivity (Wildman–Crippen MR) is 86.9 cm³/mol. The molecule has 1 unspecified atom stereocenters. The van der Waals surface area contributed by atoms with E-state index in [4.69, 9.17) is 0 Å². The van der Waals surface area contributed by atoms with Crippen LogP contribution in [-0.4, -0.2) is 8.42 Å². The SMILES string of the molecule is C=CCC(C#N)(c1ccccc1)S(=O)(=O)c1ccc(C)cc1. The van der Waals surface area contributed by atoms with Gasteiger partial charge in [0.05, 0.1) is 11.0 Å². The van der Waals surface area contributed by atoms with Crippen molar-refractivity contribution >= 4 is 9.84 Å². The van der Waals surface area contributed by atoms with Crippen molar-refractivity contribution in [2.75, 3.05) is 0 Å².